The lowest BCUT2D eigenvalue weighted by atomic mass is 10.2. The summed E-state index contributed by atoms with van der Waals surface area (Å²) in [7, 11) is -4.55. The molecule has 0 heterocycles. The van der Waals surface area contributed by atoms with Crippen LogP contribution < -0.4 is 5.32 Å². The van der Waals surface area contributed by atoms with Crippen molar-refractivity contribution >= 4 is 19.9 Å². The summed E-state index contributed by atoms with van der Waals surface area (Å²) in [5.41, 5.74) is 0.813. The highest BCUT2D eigenvalue weighted by Crippen LogP contribution is 2.45. The summed E-state index contributed by atoms with van der Waals surface area (Å²) in [6, 6.07) is 9.04. The molecule has 1 aromatic rings. The van der Waals surface area contributed by atoms with E-state index < -0.39 is 32.1 Å². The number of carboxylic acid groups (broad SMARTS) is 1. The van der Waals surface area contributed by atoms with Crippen LogP contribution in [-0.2, 0) is 29.8 Å². The van der Waals surface area contributed by atoms with Crippen molar-refractivity contribution in [1.82, 2.24) is 5.32 Å². The first-order valence-electron chi connectivity index (χ1n) is 7.06. The quantitative estimate of drug-likeness (QED) is 0.568. The third-order valence-corrected chi connectivity index (χ3v) is 3.91. The molecule has 0 spiro atoms. The molecule has 2 unspecified atom stereocenters. The van der Waals surface area contributed by atoms with Crippen LogP contribution >= 0.6 is 7.82 Å². The molecule has 10 heteroatoms. The monoisotopic (exact) mass is 361 g/mol. The second-order valence-electron chi connectivity index (χ2n) is 4.91. The first kappa shape index (κ1) is 20.1. The Bertz CT molecular complexity index is 594. The van der Waals surface area contributed by atoms with E-state index in [-0.39, 0.29) is 13.2 Å². The molecule has 0 aliphatic rings. The second-order valence-corrected chi connectivity index (χ2v) is 6.27. The van der Waals surface area contributed by atoms with Crippen molar-refractivity contribution in [2.75, 3.05) is 6.54 Å². The van der Waals surface area contributed by atoms with Crippen LogP contribution in [0.25, 0.3) is 0 Å². The summed E-state index contributed by atoms with van der Waals surface area (Å²) >= 11 is 0. The van der Waals surface area contributed by atoms with Gasteiger partial charge in [-0.25, -0.2) is 14.2 Å². The van der Waals surface area contributed by atoms with Gasteiger partial charge in [-0.15, -0.1) is 0 Å². The van der Waals surface area contributed by atoms with Crippen molar-refractivity contribution < 1.29 is 37.9 Å². The van der Waals surface area contributed by atoms with E-state index in [1.165, 1.54) is 6.92 Å². The van der Waals surface area contributed by atoms with Crippen molar-refractivity contribution in [2.24, 2.45) is 0 Å². The first-order chi connectivity index (χ1) is 11.2. The van der Waals surface area contributed by atoms with Crippen molar-refractivity contribution in [3.05, 3.63) is 35.9 Å². The predicted octanol–water partition coefficient (Wildman–Crippen LogP) is 1.91. The topological polar surface area (TPSA) is 131 Å². The number of rotatable bonds is 9. The summed E-state index contributed by atoms with van der Waals surface area (Å²) in [6.07, 6.45) is -3.12. The summed E-state index contributed by atoms with van der Waals surface area (Å²) in [6.45, 7) is 2.47. The molecule has 0 aliphatic carbocycles. The Morgan fingerprint density at radius 2 is 1.83 bits per heavy atom. The Morgan fingerprint density at radius 1 is 1.21 bits per heavy atom. The maximum Gasteiger partial charge on any atom is 0.473 e. The maximum atomic E-state index is 11.6. The van der Waals surface area contributed by atoms with Gasteiger partial charge in [0, 0.05) is 6.54 Å². The number of hydrogen-bond donors (Lipinski definition) is 3. The number of ether oxygens (including phenoxy) is 1. The third-order valence-electron chi connectivity index (χ3n) is 2.70. The van der Waals surface area contributed by atoms with Crippen molar-refractivity contribution in [2.45, 2.75) is 32.7 Å². The van der Waals surface area contributed by atoms with Crippen molar-refractivity contribution in [3.63, 3.8) is 0 Å². The van der Waals surface area contributed by atoms with Crippen LogP contribution in [-0.4, -0.2) is 40.8 Å². The zero-order valence-corrected chi connectivity index (χ0v) is 14.1. The Balaban J connectivity index is 2.31. The Morgan fingerprint density at radius 3 is 2.42 bits per heavy atom. The molecule has 1 rings (SSSR count). The standard InChI is InChI=1S/C14H20NO8P/c1-10(22-24(19,20)23-11(2)13(16)17)8-15-14(18)21-9-12-6-4-3-5-7-12/h3-7,10-11H,8-9H2,1-2H3,(H,15,18)(H,16,17)(H,19,20)/t10-,11?/m1/s1. The van der Waals surface area contributed by atoms with Gasteiger partial charge in [-0.05, 0) is 19.4 Å². The van der Waals surface area contributed by atoms with Gasteiger partial charge in [0.1, 0.15) is 6.61 Å². The molecule has 0 aliphatic heterocycles. The number of phosphoric acid groups is 1. The minimum absolute atomic E-state index is 0.0830. The van der Waals surface area contributed by atoms with Gasteiger partial charge >= 0.3 is 19.9 Å². The highest BCUT2D eigenvalue weighted by Gasteiger charge is 2.30. The van der Waals surface area contributed by atoms with Crippen LogP contribution in [0.2, 0.25) is 0 Å². The largest absolute Gasteiger partial charge is 0.479 e. The zero-order chi connectivity index (χ0) is 18.2. The number of phosphoric ester groups is 1. The smallest absolute Gasteiger partial charge is 0.473 e. The minimum atomic E-state index is -4.55. The molecule has 0 radical (unpaired) electrons. The minimum Gasteiger partial charge on any atom is -0.479 e. The molecule has 0 bridgehead atoms. The average molecular weight is 361 g/mol. The van der Waals surface area contributed by atoms with Gasteiger partial charge < -0.3 is 20.1 Å². The highest BCUT2D eigenvalue weighted by molar-refractivity contribution is 7.47. The van der Waals surface area contributed by atoms with Gasteiger partial charge in [-0.3, -0.25) is 9.05 Å². The number of hydrogen-bond acceptors (Lipinski definition) is 6. The molecule has 1 amide bonds. The van der Waals surface area contributed by atoms with E-state index in [4.69, 9.17) is 14.4 Å². The molecule has 0 fully saturated rings. The fourth-order valence-corrected chi connectivity index (χ4v) is 2.60. The zero-order valence-electron chi connectivity index (χ0n) is 13.2. The molecule has 134 valence electrons. The Kier molecular flexibility index (Phi) is 7.87. The average Bonchev–Trinajstić information content (AvgIpc) is 2.50. The van der Waals surface area contributed by atoms with Crippen LogP contribution in [0, 0.1) is 0 Å². The van der Waals surface area contributed by atoms with Gasteiger partial charge in [-0.2, -0.15) is 0 Å². The van der Waals surface area contributed by atoms with E-state index in [0.29, 0.717) is 0 Å². The first-order valence-corrected chi connectivity index (χ1v) is 8.56. The highest BCUT2D eigenvalue weighted by atomic mass is 31.2. The van der Waals surface area contributed by atoms with Crippen LogP contribution in [0.4, 0.5) is 4.79 Å². The van der Waals surface area contributed by atoms with E-state index in [9.17, 15) is 19.0 Å². The summed E-state index contributed by atoms with van der Waals surface area (Å²) < 4.78 is 25.7. The number of amides is 1. The Hall–Kier alpha value is -1.93. The normalized spacial score (nSPS) is 15.8. The van der Waals surface area contributed by atoms with Gasteiger partial charge in [0.2, 0.25) is 0 Å². The van der Waals surface area contributed by atoms with E-state index in [0.717, 1.165) is 12.5 Å². The third kappa shape index (κ3) is 8.07. The van der Waals surface area contributed by atoms with Crippen LogP contribution in [0.1, 0.15) is 19.4 Å². The van der Waals surface area contributed by atoms with E-state index >= 15 is 0 Å². The molecule has 0 saturated carbocycles. The van der Waals surface area contributed by atoms with Crippen LogP contribution in [0.3, 0.4) is 0 Å². The predicted molar refractivity (Wildman–Crippen MR) is 83.2 cm³/mol. The maximum absolute atomic E-state index is 11.6. The molecule has 0 saturated heterocycles. The number of alkyl carbamates (subject to hydrolysis) is 1. The molecule has 24 heavy (non-hydrogen) atoms. The molecule has 1 aromatic carbocycles. The lowest BCUT2D eigenvalue weighted by Gasteiger charge is -2.19. The number of carbonyl (C=O) groups excluding carboxylic acids is 1. The molecular weight excluding hydrogens is 341 g/mol. The van der Waals surface area contributed by atoms with Crippen LogP contribution in [0.15, 0.2) is 30.3 Å². The number of nitrogens with one attached hydrogen (secondary N) is 1. The van der Waals surface area contributed by atoms with Crippen molar-refractivity contribution in [3.8, 4) is 0 Å². The summed E-state index contributed by atoms with van der Waals surface area (Å²) in [5, 5.41) is 11.0. The molecule has 3 atom stereocenters. The molecule has 3 N–H and O–H groups in total. The molecule has 0 aromatic heterocycles. The summed E-state index contributed by atoms with van der Waals surface area (Å²) in [5.74, 6) is -1.40. The Labute approximate surface area is 139 Å². The number of aliphatic carboxylic acids is 1. The molecular formula is C14H20NO8P. The number of carbonyl (C=O) groups is 2. The van der Waals surface area contributed by atoms with Gasteiger partial charge in [-0.1, -0.05) is 30.3 Å². The SMILES string of the molecule is CC(OP(=O)(O)O[C@H](C)CNC(=O)OCc1ccccc1)C(=O)O. The van der Waals surface area contributed by atoms with Gasteiger partial charge in [0.05, 0.1) is 6.10 Å². The molecule has 9 nitrogen and oxygen atoms in total. The number of benzene rings is 1. The van der Waals surface area contributed by atoms with Crippen molar-refractivity contribution in [1.29, 1.82) is 0 Å². The van der Waals surface area contributed by atoms with Gasteiger partial charge in [0.25, 0.3) is 0 Å². The summed E-state index contributed by atoms with van der Waals surface area (Å²) in [4.78, 5) is 31.5. The number of carboxylic acids is 1. The van der Waals surface area contributed by atoms with E-state index in [1.54, 1.807) is 12.1 Å². The van der Waals surface area contributed by atoms with E-state index in [2.05, 4.69) is 9.84 Å². The fraction of sp³-hybridized carbons (Fsp3) is 0.429. The van der Waals surface area contributed by atoms with Gasteiger partial charge in [0.15, 0.2) is 6.10 Å². The van der Waals surface area contributed by atoms with Crippen LogP contribution in [0.5, 0.6) is 0 Å². The lowest BCUT2D eigenvalue weighted by molar-refractivity contribution is -0.145. The second kappa shape index (κ2) is 9.39. The van der Waals surface area contributed by atoms with E-state index in [1.807, 2.05) is 18.2 Å². The lowest BCUT2D eigenvalue weighted by Crippen LogP contribution is -2.32. The fourth-order valence-electron chi connectivity index (χ4n) is 1.54.